The molecule has 1 rings (SSSR count). The predicted octanol–water partition coefficient (Wildman–Crippen LogP) is 3.25. The van der Waals surface area contributed by atoms with E-state index in [1.807, 2.05) is 6.07 Å². The van der Waals surface area contributed by atoms with Crippen molar-refractivity contribution in [3.05, 3.63) is 17.7 Å². The maximum atomic E-state index is 11.9. The lowest BCUT2D eigenvalue weighted by Gasteiger charge is -2.20. The smallest absolute Gasteiger partial charge is 0.225 e. The summed E-state index contributed by atoms with van der Waals surface area (Å²) in [5.74, 6) is 0.842. The standard InChI is InChI=1S/C17H27NO4/c1-5-6-7-8-9-13(17(18)19)12-10-11-14(20-2)16(22-4)15(12)21-3/h10-11,13H,5-9H2,1-4H3,(H2,18,19). The van der Waals surface area contributed by atoms with Gasteiger partial charge in [-0.15, -0.1) is 0 Å². The Balaban J connectivity index is 3.11. The summed E-state index contributed by atoms with van der Waals surface area (Å²) in [6.07, 6.45) is 5.07. The van der Waals surface area contributed by atoms with Crippen LogP contribution in [-0.2, 0) is 4.79 Å². The third-order valence-electron chi connectivity index (χ3n) is 3.80. The van der Waals surface area contributed by atoms with Crippen LogP contribution in [0, 0.1) is 0 Å². The van der Waals surface area contributed by atoms with Gasteiger partial charge < -0.3 is 19.9 Å². The van der Waals surface area contributed by atoms with Gasteiger partial charge in [-0.3, -0.25) is 4.79 Å². The highest BCUT2D eigenvalue weighted by Crippen LogP contribution is 2.43. The van der Waals surface area contributed by atoms with Gasteiger partial charge in [0.05, 0.1) is 27.2 Å². The van der Waals surface area contributed by atoms with Gasteiger partial charge in [-0.25, -0.2) is 0 Å². The number of carbonyl (C=O) groups excluding carboxylic acids is 1. The van der Waals surface area contributed by atoms with Crippen LogP contribution in [0.2, 0.25) is 0 Å². The Hall–Kier alpha value is -1.91. The molecule has 0 aliphatic rings. The van der Waals surface area contributed by atoms with E-state index >= 15 is 0 Å². The topological polar surface area (TPSA) is 70.8 Å². The zero-order valence-electron chi connectivity index (χ0n) is 14.0. The third-order valence-corrected chi connectivity index (χ3v) is 3.80. The monoisotopic (exact) mass is 309 g/mol. The van der Waals surface area contributed by atoms with Gasteiger partial charge in [-0.2, -0.15) is 0 Å². The van der Waals surface area contributed by atoms with Crippen molar-refractivity contribution in [2.45, 2.75) is 44.9 Å². The Morgan fingerprint density at radius 2 is 1.73 bits per heavy atom. The first-order chi connectivity index (χ1) is 10.6. The van der Waals surface area contributed by atoms with Crippen LogP contribution in [0.25, 0.3) is 0 Å². The van der Waals surface area contributed by atoms with Crippen molar-refractivity contribution in [3.8, 4) is 17.2 Å². The lowest BCUT2D eigenvalue weighted by atomic mass is 9.91. The van der Waals surface area contributed by atoms with Crippen LogP contribution < -0.4 is 19.9 Å². The van der Waals surface area contributed by atoms with E-state index in [0.29, 0.717) is 23.7 Å². The van der Waals surface area contributed by atoms with Crippen molar-refractivity contribution < 1.29 is 19.0 Å². The van der Waals surface area contributed by atoms with Crippen LogP contribution in [0.5, 0.6) is 17.2 Å². The van der Waals surface area contributed by atoms with E-state index in [9.17, 15) is 4.79 Å². The summed E-state index contributed by atoms with van der Waals surface area (Å²) in [5.41, 5.74) is 6.36. The van der Waals surface area contributed by atoms with Crippen molar-refractivity contribution >= 4 is 5.91 Å². The zero-order valence-corrected chi connectivity index (χ0v) is 14.0. The highest BCUT2D eigenvalue weighted by molar-refractivity contribution is 5.83. The molecule has 0 aromatic heterocycles. The minimum Gasteiger partial charge on any atom is -0.493 e. The lowest BCUT2D eigenvalue weighted by Crippen LogP contribution is -2.22. The van der Waals surface area contributed by atoms with Crippen molar-refractivity contribution in [1.29, 1.82) is 0 Å². The van der Waals surface area contributed by atoms with Gasteiger partial charge in [0.2, 0.25) is 11.7 Å². The Morgan fingerprint density at radius 3 is 2.23 bits per heavy atom. The molecule has 0 bridgehead atoms. The second-order valence-corrected chi connectivity index (χ2v) is 5.23. The third kappa shape index (κ3) is 4.29. The van der Waals surface area contributed by atoms with Gasteiger partial charge in [0.15, 0.2) is 11.5 Å². The molecule has 0 spiro atoms. The van der Waals surface area contributed by atoms with Gasteiger partial charge in [-0.1, -0.05) is 38.7 Å². The molecule has 0 aliphatic carbocycles. The Morgan fingerprint density at radius 1 is 1.05 bits per heavy atom. The second-order valence-electron chi connectivity index (χ2n) is 5.23. The highest BCUT2D eigenvalue weighted by Gasteiger charge is 2.25. The quantitative estimate of drug-likeness (QED) is 0.673. The van der Waals surface area contributed by atoms with Gasteiger partial charge in [-0.05, 0) is 12.5 Å². The van der Waals surface area contributed by atoms with Crippen molar-refractivity contribution in [2.75, 3.05) is 21.3 Å². The van der Waals surface area contributed by atoms with Crippen LogP contribution >= 0.6 is 0 Å². The zero-order chi connectivity index (χ0) is 16.5. The summed E-state index contributed by atoms with van der Waals surface area (Å²) < 4.78 is 16.1. The fourth-order valence-corrected chi connectivity index (χ4v) is 2.63. The first kappa shape index (κ1) is 18.1. The van der Waals surface area contributed by atoms with Crippen molar-refractivity contribution in [1.82, 2.24) is 0 Å². The molecule has 1 atom stereocenters. The molecule has 0 saturated heterocycles. The fourth-order valence-electron chi connectivity index (χ4n) is 2.63. The van der Waals surface area contributed by atoms with E-state index in [2.05, 4.69) is 6.92 Å². The molecule has 0 aliphatic heterocycles. The molecule has 0 heterocycles. The largest absolute Gasteiger partial charge is 0.493 e. The second kappa shape index (κ2) is 9.18. The lowest BCUT2D eigenvalue weighted by molar-refractivity contribution is -0.119. The van der Waals surface area contributed by atoms with E-state index in [-0.39, 0.29) is 11.8 Å². The summed E-state index contributed by atoms with van der Waals surface area (Å²) in [7, 11) is 4.66. The van der Waals surface area contributed by atoms with E-state index in [4.69, 9.17) is 19.9 Å². The van der Waals surface area contributed by atoms with E-state index in [1.165, 1.54) is 0 Å². The average molecular weight is 309 g/mol. The van der Waals surface area contributed by atoms with Crippen LogP contribution in [-0.4, -0.2) is 27.2 Å². The molecule has 0 fully saturated rings. The minimum atomic E-state index is -0.383. The van der Waals surface area contributed by atoms with E-state index < -0.39 is 0 Å². The Bertz CT molecular complexity index is 488. The fraction of sp³-hybridized carbons (Fsp3) is 0.588. The Labute approximate surface area is 132 Å². The van der Waals surface area contributed by atoms with Crippen molar-refractivity contribution in [2.24, 2.45) is 5.73 Å². The summed E-state index contributed by atoms with van der Waals surface area (Å²) in [6, 6.07) is 3.61. The number of hydrogen-bond acceptors (Lipinski definition) is 4. The number of hydrogen-bond donors (Lipinski definition) is 1. The molecule has 1 amide bonds. The molecular weight excluding hydrogens is 282 g/mol. The first-order valence-electron chi connectivity index (χ1n) is 7.68. The molecule has 22 heavy (non-hydrogen) atoms. The molecule has 1 aromatic carbocycles. The van der Waals surface area contributed by atoms with E-state index in [0.717, 1.165) is 31.2 Å². The van der Waals surface area contributed by atoms with Crippen LogP contribution in [0.4, 0.5) is 0 Å². The normalized spacial score (nSPS) is 11.8. The number of unbranched alkanes of at least 4 members (excludes halogenated alkanes) is 3. The molecule has 0 saturated carbocycles. The summed E-state index contributed by atoms with van der Waals surface area (Å²) in [4.78, 5) is 11.9. The number of primary amides is 1. The summed E-state index contributed by atoms with van der Waals surface area (Å²) >= 11 is 0. The van der Waals surface area contributed by atoms with Gasteiger partial charge in [0, 0.05) is 5.56 Å². The van der Waals surface area contributed by atoms with Crippen molar-refractivity contribution in [3.63, 3.8) is 0 Å². The summed E-state index contributed by atoms with van der Waals surface area (Å²) in [5, 5.41) is 0. The highest BCUT2D eigenvalue weighted by atomic mass is 16.5. The number of rotatable bonds is 10. The molecule has 5 heteroatoms. The van der Waals surface area contributed by atoms with Gasteiger partial charge in [0.25, 0.3) is 0 Å². The minimum absolute atomic E-state index is 0.345. The van der Waals surface area contributed by atoms with E-state index in [1.54, 1.807) is 27.4 Å². The number of nitrogens with two attached hydrogens (primary N) is 1. The first-order valence-corrected chi connectivity index (χ1v) is 7.68. The van der Waals surface area contributed by atoms with Gasteiger partial charge >= 0.3 is 0 Å². The number of amides is 1. The molecule has 0 radical (unpaired) electrons. The molecular formula is C17H27NO4. The number of methoxy groups -OCH3 is 3. The average Bonchev–Trinajstić information content (AvgIpc) is 2.53. The number of benzene rings is 1. The van der Waals surface area contributed by atoms with Gasteiger partial charge in [0.1, 0.15) is 0 Å². The summed E-state index contributed by atoms with van der Waals surface area (Å²) in [6.45, 7) is 2.16. The van der Waals surface area contributed by atoms with Crippen LogP contribution in [0.1, 0.15) is 50.5 Å². The van der Waals surface area contributed by atoms with Crippen LogP contribution in [0.15, 0.2) is 12.1 Å². The molecule has 1 aromatic rings. The predicted molar refractivity (Wildman–Crippen MR) is 86.8 cm³/mol. The van der Waals surface area contributed by atoms with Crippen LogP contribution in [0.3, 0.4) is 0 Å². The molecule has 124 valence electrons. The molecule has 5 nitrogen and oxygen atoms in total. The number of ether oxygens (including phenoxy) is 3. The molecule has 2 N–H and O–H groups in total. The number of carbonyl (C=O) groups is 1. The maximum absolute atomic E-state index is 11.9. The molecule has 1 unspecified atom stereocenters. The maximum Gasteiger partial charge on any atom is 0.225 e. The Kier molecular flexibility index (Phi) is 7.57. The SMILES string of the molecule is CCCCCCC(C(N)=O)c1ccc(OC)c(OC)c1OC.